The van der Waals surface area contributed by atoms with Gasteiger partial charge in [0.2, 0.25) is 0 Å². The van der Waals surface area contributed by atoms with Gasteiger partial charge in [-0.1, -0.05) is 26.3 Å². The van der Waals surface area contributed by atoms with E-state index >= 15 is 0 Å². The van der Waals surface area contributed by atoms with Gasteiger partial charge in [-0.05, 0) is 41.8 Å². The lowest BCUT2D eigenvalue weighted by Gasteiger charge is -2.11. The molecular formula is C21H26N4O3. The summed E-state index contributed by atoms with van der Waals surface area (Å²) in [5, 5.41) is 13.7. The number of H-pyrrole nitrogens is 1. The Morgan fingerprint density at radius 3 is 2.71 bits per heavy atom. The first kappa shape index (κ1) is 19.5. The monoisotopic (exact) mass is 382 g/mol. The van der Waals surface area contributed by atoms with Crippen molar-refractivity contribution in [2.45, 2.75) is 20.3 Å². The van der Waals surface area contributed by atoms with E-state index < -0.39 is 0 Å². The van der Waals surface area contributed by atoms with Crippen molar-refractivity contribution in [3.8, 4) is 22.6 Å². The van der Waals surface area contributed by atoms with E-state index in [0.29, 0.717) is 18.3 Å². The molecular weight excluding hydrogens is 356 g/mol. The second-order valence-electron chi connectivity index (χ2n) is 6.75. The van der Waals surface area contributed by atoms with Crippen LogP contribution in [0.3, 0.4) is 0 Å². The number of rotatable bonds is 7. The SMILES string of the molecule is CCC(C)CNC(=O)Nc1n[nH]c2cc(-c3cc(OC)ccc3OC)ccc12. The lowest BCUT2D eigenvalue weighted by molar-refractivity contribution is 0.250. The predicted octanol–water partition coefficient (Wildman–Crippen LogP) is 4.41. The van der Waals surface area contributed by atoms with Crippen LogP contribution in [0.25, 0.3) is 22.0 Å². The van der Waals surface area contributed by atoms with E-state index in [0.717, 1.165) is 39.9 Å². The lowest BCUT2D eigenvalue weighted by atomic mass is 10.0. The number of carbonyl (C=O) groups excluding carboxylic acids is 1. The van der Waals surface area contributed by atoms with Gasteiger partial charge in [0.05, 0.1) is 19.7 Å². The largest absolute Gasteiger partial charge is 0.497 e. The van der Waals surface area contributed by atoms with Gasteiger partial charge in [0.25, 0.3) is 0 Å². The summed E-state index contributed by atoms with van der Waals surface area (Å²) in [6.45, 7) is 4.82. The molecule has 1 atom stereocenters. The Bertz CT molecular complexity index is 967. The van der Waals surface area contributed by atoms with Crippen molar-refractivity contribution in [3.05, 3.63) is 36.4 Å². The highest BCUT2D eigenvalue weighted by Crippen LogP contribution is 2.35. The van der Waals surface area contributed by atoms with Gasteiger partial charge in [0.1, 0.15) is 11.5 Å². The molecule has 1 aromatic heterocycles. The van der Waals surface area contributed by atoms with Crippen LogP contribution < -0.4 is 20.1 Å². The molecule has 0 aliphatic heterocycles. The zero-order chi connectivity index (χ0) is 20.1. The number of nitrogens with zero attached hydrogens (tertiary/aromatic N) is 1. The van der Waals surface area contributed by atoms with E-state index in [1.54, 1.807) is 14.2 Å². The minimum Gasteiger partial charge on any atom is -0.497 e. The molecule has 7 heteroatoms. The number of urea groups is 1. The average molecular weight is 382 g/mol. The molecule has 148 valence electrons. The van der Waals surface area contributed by atoms with E-state index in [2.05, 4.69) is 34.7 Å². The molecule has 2 aromatic carbocycles. The van der Waals surface area contributed by atoms with Crippen molar-refractivity contribution in [1.82, 2.24) is 15.5 Å². The quantitative estimate of drug-likeness (QED) is 0.565. The summed E-state index contributed by atoms with van der Waals surface area (Å²) in [6.07, 6.45) is 1.02. The summed E-state index contributed by atoms with van der Waals surface area (Å²) in [6, 6.07) is 11.3. The zero-order valence-electron chi connectivity index (χ0n) is 16.6. The number of methoxy groups -OCH3 is 2. The van der Waals surface area contributed by atoms with Gasteiger partial charge in [0.15, 0.2) is 5.82 Å². The minimum atomic E-state index is -0.257. The number of hydrogen-bond donors (Lipinski definition) is 3. The number of ether oxygens (including phenoxy) is 2. The van der Waals surface area contributed by atoms with Crippen LogP contribution in [-0.2, 0) is 0 Å². The molecule has 1 heterocycles. The van der Waals surface area contributed by atoms with Crippen molar-refractivity contribution in [2.75, 3.05) is 26.1 Å². The van der Waals surface area contributed by atoms with Gasteiger partial charge in [-0.3, -0.25) is 10.4 Å². The molecule has 0 aliphatic carbocycles. The number of fused-ring (bicyclic) bond motifs is 1. The van der Waals surface area contributed by atoms with Crippen molar-refractivity contribution >= 4 is 22.8 Å². The Hall–Kier alpha value is -3.22. The molecule has 3 aromatic rings. The molecule has 0 fully saturated rings. The summed E-state index contributed by atoms with van der Waals surface area (Å²) in [7, 11) is 3.27. The fraction of sp³-hybridized carbons (Fsp3) is 0.333. The Labute approximate surface area is 164 Å². The van der Waals surface area contributed by atoms with E-state index in [4.69, 9.17) is 9.47 Å². The van der Waals surface area contributed by atoms with Crippen molar-refractivity contribution < 1.29 is 14.3 Å². The molecule has 1 unspecified atom stereocenters. The van der Waals surface area contributed by atoms with Gasteiger partial charge in [-0.2, -0.15) is 5.10 Å². The number of carbonyl (C=O) groups is 1. The highest BCUT2D eigenvalue weighted by atomic mass is 16.5. The van der Waals surface area contributed by atoms with Crippen LogP contribution in [0.15, 0.2) is 36.4 Å². The molecule has 0 saturated heterocycles. The van der Waals surface area contributed by atoms with Gasteiger partial charge in [-0.25, -0.2) is 4.79 Å². The number of amides is 2. The Balaban J connectivity index is 1.84. The number of hydrogen-bond acceptors (Lipinski definition) is 4. The van der Waals surface area contributed by atoms with Gasteiger partial charge >= 0.3 is 6.03 Å². The third-order valence-electron chi connectivity index (χ3n) is 4.82. The van der Waals surface area contributed by atoms with Gasteiger partial charge in [0, 0.05) is 17.5 Å². The minimum absolute atomic E-state index is 0.257. The zero-order valence-corrected chi connectivity index (χ0v) is 16.6. The fourth-order valence-corrected chi connectivity index (χ4v) is 2.89. The van der Waals surface area contributed by atoms with Crippen molar-refractivity contribution in [3.63, 3.8) is 0 Å². The van der Waals surface area contributed by atoms with Crippen LogP contribution in [0.2, 0.25) is 0 Å². The molecule has 28 heavy (non-hydrogen) atoms. The summed E-state index contributed by atoms with van der Waals surface area (Å²) in [5.41, 5.74) is 2.69. The van der Waals surface area contributed by atoms with Crippen LogP contribution in [0.4, 0.5) is 10.6 Å². The number of benzene rings is 2. The third kappa shape index (κ3) is 4.19. The van der Waals surface area contributed by atoms with Crippen molar-refractivity contribution in [2.24, 2.45) is 5.92 Å². The molecule has 0 bridgehead atoms. The molecule has 2 amide bonds. The first-order valence-corrected chi connectivity index (χ1v) is 9.31. The summed E-state index contributed by atoms with van der Waals surface area (Å²) in [5.74, 6) is 2.44. The van der Waals surface area contributed by atoms with E-state index in [1.165, 1.54) is 0 Å². The standard InChI is InChI=1S/C21H26N4O3/c1-5-13(2)12-22-21(26)23-20-16-8-6-14(10-18(16)24-25-20)17-11-15(27-3)7-9-19(17)28-4/h6-11,13H,5,12H2,1-4H3,(H3,22,23,24,25,26). The van der Waals surface area contributed by atoms with Crippen LogP contribution in [0.1, 0.15) is 20.3 Å². The second kappa shape index (κ2) is 8.65. The molecule has 0 radical (unpaired) electrons. The third-order valence-corrected chi connectivity index (χ3v) is 4.82. The number of aromatic amines is 1. The highest BCUT2D eigenvalue weighted by molar-refractivity contribution is 6.00. The van der Waals surface area contributed by atoms with E-state index in [1.807, 2.05) is 36.4 Å². The number of nitrogens with one attached hydrogen (secondary N) is 3. The lowest BCUT2D eigenvalue weighted by Crippen LogP contribution is -2.32. The van der Waals surface area contributed by atoms with Crippen LogP contribution in [-0.4, -0.2) is 37.0 Å². The predicted molar refractivity (Wildman–Crippen MR) is 111 cm³/mol. The Kier molecular flexibility index (Phi) is 6.03. The number of aromatic nitrogens is 2. The smallest absolute Gasteiger partial charge is 0.320 e. The summed E-state index contributed by atoms with van der Waals surface area (Å²) >= 11 is 0. The highest BCUT2D eigenvalue weighted by Gasteiger charge is 2.13. The van der Waals surface area contributed by atoms with E-state index in [-0.39, 0.29) is 6.03 Å². The first-order valence-electron chi connectivity index (χ1n) is 9.31. The van der Waals surface area contributed by atoms with Crippen LogP contribution in [0, 0.1) is 5.92 Å². The topological polar surface area (TPSA) is 88.3 Å². The van der Waals surface area contributed by atoms with Gasteiger partial charge < -0.3 is 14.8 Å². The molecule has 0 saturated carbocycles. The number of anilines is 1. The average Bonchev–Trinajstić information content (AvgIpc) is 3.13. The molecule has 3 N–H and O–H groups in total. The van der Waals surface area contributed by atoms with Gasteiger partial charge in [-0.15, -0.1) is 0 Å². The fourth-order valence-electron chi connectivity index (χ4n) is 2.89. The second-order valence-corrected chi connectivity index (χ2v) is 6.75. The molecule has 7 nitrogen and oxygen atoms in total. The molecule has 0 spiro atoms. The normalized spacial score (nSPS) is 11.9. The maximum absolute atomic E-state index is 12.1. The van der Waals surface area contributed by atoms with Crippen molar-refractivity contribution in [1.29, 1.82) is 0 Å². The van der Waals surface area contributed by atoms with Crippen LogP contribution >= 0.6 is 0 Å². The Morgan fingerprint density at radius 1 is 1.18 bits per heavy atom. The maximum Gasteiger partial charge on any atom is 0.320 e. The van der Waals surface area contributed by atoms with E-state index in [9.17, 15) is 4.79 Å². The summed E-state index contributed by atoms with van der Waals surface area (Å²) < 4.78 is 10.8. The molecule has 3 rings (SSSR count). The maximum atomic E-state index is 12.1. The summed E-state index contributed by atoms with van der Waals surface area (Å²) in [4.78, 5) is 12.1. The Morgan fingerprint density at radius 2 is 2.00 bits per heavy atom. The van der Waals surface area contributed by atoms with Crippen LogP contribution in [0.5, 0.6) is 11.5 Å². The molecule has 0 aliphatic rings. The first-order chi connectivity index (χ1) is 13.5.